The molecule has 6 heteroatoms. The minimum Gasteiger partial charge on any atom is -0.481 e. The Morgan fingerprint density at radius 2 is 1.09 bits per heavy atom. The predicted molar refractivity (Wildman–Crippen MR) is 154 cm³/mol. The van der Waals surface area contributed by atoms with E-state index >= 15 is 0 Å². The molecule has 0 aromatic rings. The van der Waals surface area contributed by atoms with Crippen molar-refractivity contribution in [2.45, 2.75) is 148 Å². The van der Waals surface area contributed by atoms with E-state index in [1.807, 2.05) is 18.2 Å². The molecule has 0 spiro atoms. The first-order valence-electron chi connectivity index (χ1n) is 14.5. The summed E-state index contributed by atoms with van der Waals surface area (Å²) < 4.78 is 0. The Kier molecular flexibility index (Phi) is 30.7. The topological polar surface area (TPSA) is 77.8 Å². The smallest absolute Gasteiger partial charge is 0.320 e. The molecule has 1 unspecified atom stereocenters. The lowest BCUT2D eigenvalue weighted by Gasteiger charge is -2.24. The highest BCUT2D eigenvalue weighted by Gasteiger charge is 2.21. The van der Waals surface area contributed by atoms with Gasteiger partial charge in [0.2, 0.25) is 0 Å². The van der Waals surface area contributed by atoms with Gasteiger partial charge in [-0.05, 0) is 44.9 Å². The van der Waals surface area contributed by atoms with E-state index < -0.39 is 11.9 Å². The zero-order valence-electron chi connectivity index (χ0n) is 23.7. The number of unbranched alkanes of at least 4 members (excludes halogenated alkanes) is 16. The second kappa shape index (κ2) is 29.5. The highest BCUT2D eigenvalue weighted by molar-refractivity contribution is 7.98. The van der Waals surface area contributed by atoms with Gasteiger partial charge in [-0.25, -0.2) is 0 Å². The van der Waals surface area contributed by atoms with Gasteiger partial charge in [-0.15, -0.1) is 0 Å². The lowest BCUT2D eigenvalue weighted by atomic mass is 10.0. The molecule has 0 radical (unpaired) electrons. The summed E-state index contributed by atoms with van der Waals surface area (Å²) in [6.07, 6.45) is 26.4. The number of hydrogen-bond donors (Lipinski definition) is 2. The van der Waals surface area contributed by atoms with Crippen LogP contribution < -0.4 is 0 Å². The highest BCUT2D eigenvalue weighted by Crippen LogP contribution is 2.13. The molecular formula is C29H59NO4S. The normalized spacial score (nSPS) is 11.8. The maximum atomic E-state index is 11.0. The number of aliphatic carboxylic acids is 2. The van der Waals surface area contributed by atoms with Gasteiger partial charge in [0.25, 0.3) is 0 Å². The van der Waals surface area contributed by atoms with Crippen LogP contribution in [0.3, 0.4) is 0 Å². The third kappa shape index (κ3) is 29.4. The Hall–Kier alpha value is -0.750. The van der Waals surface area contributed by atoms with E-state index in [1.165, 1.54) is 96.3 Å². The van der Waals surface area contributed by atoms with Crippen LogP contribution in [0.5, 0.6) is 0 Å². The van der Waals surface area contributed by atoms with Gasteiger partial charge in [0.05, 0.1) is 0 Å². The molecule has 0 heterocycles. The van der Waals surface area contributed by atoms with Crippen LogP contribution in [0.4, 0.5) is 0 Å². The largest absolute Gasteiger partial charge is 0.481 e. The fourth-order valence-electron chi connectivity index (χ4n) is 4.18. The van der Waals surface area contributed by atoms with Crippen molar-refractivity contribution in [3.63, 3.8) is 0 Å². The summed E-state index contributed by atoms with van der Waals surface area (Å²) in [5.41, 5.74) is 0. The minimum absolute atomic E-state index is 0.311. The Bertz CT molecular complexity index is 462. The van der Waals surface area contributed by atoms with Crippen LogP contribution in [0.1, 0.15) is 142 Å². The number of carboxylic acid groups (broad SMARTS) is 2. The van der Waals surface area contributed by atoms with E-state index in [-0.39, 0.29) is 6.04 Å². The third-order valence-corrected chi connectivity index (χ3v) is 7.17. The van der Waals surface area contributed by atoms with Crippen molar-refractivity contribution < 1.29 is 19.8 Å². The monoisotopic (exact) mass is 517 g/mol. The maximum Gasteiger partial charge on any atom is 0.320 e. The molecule has 35 heavy (non-hydrogen) atoms. The first-order chi connectivity index (χ1) is 16.9. The molecule has 2 N–H and O–H groups in total. The zero-order valence-corrected chi connectivity index (χ0v) is 24.5. The molecule has 0 aliphatic rings. The number of likely N-dealkylation sites (N-methyl/N-ethyl adjacent to an activating group) is 1. The summed E-state index contributed by atoms with van der Waals surface area (Å²) in [6.45, 7) is 5.31. The Morgan fingerprint density at radius 1 is 0.686 bits per heavy atom. The fourth-order valence-corrected chi connectivity index (χ4v) is 4.64. The molecule has 0 aromatic heterocycles. The van der Waals surface area contributed by atoms with E-state index in [1.54, 1.807) is 11.8 Å². The fraction of sp³-hybridized carbons (Fsp3) is 0.931. The van der Waals surface area contributed by atoms with Crippen molar-refractivity contribution in [2.75, 3.05) is 25.6 Å². The molecule has 210 valence electrons. The molecule has 0 saturated carbocycles. The quantitative estimate of drug-likeness (QED) is 0.118. The summed E-state index contributed by atoms with van der Waals surface area (Å²) in [5, 5.41) is 17.6. The third-order valence-electron chi connectivity index (χ3n) is 6.52. The van der Waals surface area contributed by atoms with Crippen LogP contribution in [-0.2, 0) is 9.59 Å². The lowest BCUT2D eigenvalue weighted by Crippen LogP contribution is -2.39. The van der Waals surface area contributed by atoms with Gasteiger partial charge in [0, 0.05) is 6.42 Å². The van der Waals surface area contributed by atoms with Crippen LogP contribution in [0.25, 0.3) is 0 Å². The number of carboxylic acids is 2. The molecule has 5 nitrogen and oxygen atoms in total. The van der Waals surface area contributed by atoms with Gasteiger partial charge < -0.3 is 10.2 Å². The number of rotatable bonds is 25. The summed E-state index contributed by atoms with van der Waals surface area (Å²) in [4.78, 5) is 23.3. The Balaban J connectivity index is 0. The van der Waals surface area contributed by atoms with Crippen molar-refractivity contribution in [3.05, 3.63) is 0 Å². The summed E-state index contributed by atoms with van der Waals surface area (Å²) in [6, 6.07) is -0.311. The van der Waals surface area contributed by atoms with Crippen molar-refractivity contribution in [1.82, 2.24) is 4.90 Å². The van der Waals surface area contributed by atoms with Crippen molar-refractivity contribution in [3.8, 4) is 0 Å². The van der Waals surface area contributed by atoms with Gasteiger partial charge in [-0.1, -0.05) is 117 Å². The van der Waals surface area contributed by atoms with Gasteiger partial charge in [-0.3, -0.25) is 14.5 Å². The van der Waals surface area contributed by atoms with E-state index in [0.29, 0.717) is 6.42 Å². The molecule has 0 amide bonds. The van der Waals surface area contributed by atoms with E-state index in [4.69, 9.17) is 10.2 Å². The molecule has 0 fully saturated rings. The number of thioether (sulfide) groups is 1. The minimum atomic E-state index is -0.692. The average molecular weight is 518 g/mol. The molecule has 0 bridgehead atoms. The number of carbonyl (C=O) groups is 2. The van der Waals surface area contributed by atoms with E-state index in [2.05, 4.69) is 13.8 Å². The van der Waals surface area contributed by atoms with Gasteiger partial charge >= 0.3 is 11.9 Å². The standard InChI is InChI=1S/C18H36O2.C11H23NO2S/c1-2-3-4-5-6-7-8-9-10-11-12-13-14-15-16-17-18(19)20;1-4-5-6-8-12(2)10(11(13)14)7-9-15-3/h2-17H2,1H3,(H,19,20);10H,4-9H2,1-3H3,(H,13,14). The molecule has 0 aromatic carbocycles. The SMILES string of the molecule is CCCCCCCCCCCCCCCCCC(=O)O.CCCCCN(C)C(CCSC)C(=O)O. The molecular weight excluding hydrogens is 458 g/mol. The maximum absolute atomic E-state index is 11.0. The predicted octanol–water partition coefficient (Wildman–Crippen LogP) is 8.65. The molecule has 1 atom stereocenters. The molecule has 0 aliphatic carbocycles. The summed E-state index contributed by atoms with van der Waals surface area (Å²) in [5.74, 6) is -0.433. The van der Waals surface area contributed by atoms with E-state index in [0.717, 1.165) is 38.0 Å². The Morgan fingerprint density at radius 3 is 1.46 bits per heavy atom. The average Bonchev–Trinajstić information content (AvgIpc) is 2.82. The molecule has 0 aliphatic heterocycles. The number of hydrogen-bond acceptors (Lipinski definition) is 4. The zero-order chi connectivity index (χ0) is 26.6. The van der Waals surface area contributed by atoms with Crippen molar-refractivity contribution in [2.24, 2.45) is 0 Å². The highest BCUT2D eigenvalue weighted by atomic mass is 32.2. The van der Waals surface area contributed by atoms with Gasteiger partial charge in [-0.2, -0.15) is 11.8 Å². The Labute approximate surface area is 222 Å². The van der Waals surface area contributed by atoms with Crippen LogP contribution in [-0.4, -0.2) is 58.7 Å². The first-order valence-corrected chi connectivity index (χ1v) is 15.9. The molecule has 0 rings (SSSR count). The summed E-state index contributed by atoms with van der Waals surface area (Å²) >= 11 is 1.70. The van der Waals surface area contributed by atoms with Crippen LogP contribution in [0.15, 0.2) is 0 Å². The van der Waals surface area contributed by atoms with Crippen LogP contribution in [0.2, 0.25) is 0 Å². The van der Waals surface area contributed by atoms with Crippen molar-refractivity contribution in [1.29, 1.82) is 0 Å². The summed E-state index contributed by atoms with van der Waals surface area (Å²) in [7, 11) is 1.91. The van der Waals surface area contributed by atoms with Gasteiger partial charge in [0.1, 0.15) is 6.04 Å². The first kappa shape index (κ1) is 36.4. The number of nitrogens with zero attached hydrogens (tertiary/aromatic N) is 1. The van der Waals surface area contributed by atoms with Gasteiger partial charge in [0.15, 0.2) is 0 Å². The second-order valence-electron chi connectivity index (χ2n) is 9.92. The van der Waals surface area contributed by atoms with Crippen LogP contribution in [0, 0.1) is 0 Å². The molecule has 0 saturated heterocycles. The van der Waals surface area contributed by atoms with E-state index in [9.17, 15) is 9.59 Å². The van der Waals surface area contributed by atoms with Crippen LogP contribution >= 0.6 is 11.8 Å². The lowest BCUT2D eigenvalue weighted by molar-refractivity contribution is -0.143. The van der Waals surface area contributed by atoms with Crippen molar-refractivity contribution >= 4 is 23.7 Å². The second-order valence-corrected chi connectivity index (χ2v) is 10.9.